The summed E-state index contributed by atoms with van der Waals surface area (Å²) in [4.78, 5) is 56.2. The van der Waals surface area contributed by atoms with Crippen LogP contribution in [0.25, 0.3) is 0 Å². The van der Waals surface area contributed by atoms with E-state index in [2.05, 4.69) is 20.9 Å². The normalized spacial score (nSPS) is 17.8. The molecule has 1 heterocycles. The van der Waals surface area contributed by atoms with E-state index in [0.29, 0.717) is 44.6 Å². The Morgan fingerprint density at radius 2 is 1.69 bits per heavy atom. The lowest BCUT2D eigenvalue weighted by atomic mass is 9.83. The maximum absolute atomic E-state index is 15.6. The number of carbonyl (C=O) groups is 4. The average Bonchev–Trinajstić information content (AvgIpc) is 3.10. The van der Waals surface area contributed by atoms with Gasteiger partial charge < -0.3 is 25.8 Å². The molecular weight excluding hydrogens is 625 g/mol. The van der Waals surface area contributed by atoms with Crippen LogP contribution >= 0.6 is 0 Å². The van der Waals surface area contributed by atoms with Gasteiger partial charge in [-0.1, -0.05) is 51.3 Å². The van der Waals surface area contributed by atoms with Crippen LogP contribution in [0.4, 0.5) is 18.9 Å². The molecule has 4 rings (SSSR count). The second kappa shape index (κ2) is 16.1. The number of anilines is 1. The highest BCUT2D eigenvalue weighted by Crippen LogP contribution is 2.32. The first-order chi connectivity index (χ1) is 22.8. The average molecular weight is 669 g/mol. The standard InChI is InChI=1S/C35H43F3N6O4/c1-4-29(45)41-30(33(47)44-17-15-43(3)16-18-44)22(2)25-13-14-28(27(36)20-25)40-32(46)31(24-10-6-5-7-11-24)42-34(48)35(37,38)26-12-8-9-23(19-26)21-39/h8-9,12-14,19-20,22,24,30-31H,4-7,10-11,15-18H2,1-3H3,(H,40,46)(H,41,45)(H,42,48)/t22-,30+,31?/m0/s1. The number of alkyl halides is 2. The van der Waals surface area contributed by atoms with E-state index >= 15 is 13.2 Å². The van der Waals surface area contributed by atoms with Crippen molar-refractivity contribution < 1.29 is 32.3 Å². The van der Waals surface area contributed by atoms with Crippen LogP contribution in [0.1, 0.15) is 75.0 Å². The first-order valence-electron chi connectivity index (χ1n) is 16.4. The molecule has 1 aliphatic heterocycles. The number of hydrogen-bond donors (Lipinski definition) is 3. The van der Waals surface area contributed by atoms with E-state index in [1.165, 1.54) is 30.3 Å². The molecule has 258 valence electrons. The Balaban J connectivity index is 1.53. The second-order valence-electron chi connectivity index (χ2n) is 12.7. The number of likely N-dealkylation sites (N-methyl/N-ethyl adjacent to an activating group) is 1. The fourth-order valence-corrected chi connectivity index (χ4v) is 6.23. The molecule has 2 fully saturated rings. The van der Waals surface area contributed by atoms with Crippen LogP contribution < -0.4 is 16.0 Å². The van der Waals surface area contributed by atoms with Gasteiger partial charge in [0.15, 0.2) is 0 Å². The molecule has 0 bridgehead atoms. The Morgan fingerprint density at radius 3 is 2.31 bits per heavy atom. The molecule has 1 saturated carbocycles. The number of nitrogens with zero attached hydrogens (tertiary/aromatic N) is 3. The van der Waals surface area contributed by atoms with Gasteiger partial charge in [-0.25, -0.2) is 4.39 Å². The van der Waals surface area contributed by atoms with Crippen LogP contribution in [0.5, 0.6) is 0 Å². The highest BCUT2D eigenvalue weighted by atomic mass is 19.3. The summed E-state index contributed by atoms with van der Waals surface area (Å²) < 4.78 is 46.1. The lowest BCUT2D eigenvalue weighted by Crippen LogP contribution is -2.55. The summed E-state index contributed by atoms with van der Waals surface area (Å²) in [6.45, 7) is 5.75. The molecule has 4 amide bonds. The van der Waals surface area contributed by atoms with Crippen molar-refractivity contribution in [3.63, 3.8) is 0 Å². The van der Waals surface area contributed by atoms with Crippen molar-refractivity contribution >= 4 is 29.3 Å². The van der Waals surface area contributed by atoms with Crippen molar-refractivity contribution in [2.75, 3.05) is 38.5 Å². The molecule has 1 saturated heterocycles. The molecule has 2 aliphatic rings. The SMILES string of the molecule is CCC(=O)N[C@@H](C(=O)N1CCN(C)CC1)[C@@H](C)c1ccc(NC(=O)C(NC(=O)C(F)(F)c2cccc(C#N)c2)C2CCCCC2)c(F)c1. The number of amides is 4. The number of hydrogen-bond acceptors (Lipinski definition) is 6. The zero-order valence-electron chi connectivity index (χ0n) is 27.5. The van der Waals surface area contributed by atoms with Gasteiger partial charge in [-0.05, 0) is 55.6 Å². The molecular formula is C35H43F3N6O4. The Bertz CT molecular complexity index is 1530. The lowest BCUT2D eigenvalue weighted by Gasteiger charge is -2.36. The van der Waals surface area contributed by atoms with Crippen molar-refractivity contribution in [3.8, 4) is 6.07 Å². The Morgan fingerprint density at radius 1 is 1.00 bits per heavy atom. The van der Waals surface area contributed by atoms with E-state index in [1.54, 1.807) is 24.8 Å². The van der Waals surface area contributed by atoms with Crippen molar-refractivity contribution in [2.45, 2.75) is 76.3 Å². The highest BCUT2D eigenvalue weighted by molar-refractivity contribution is 5.98. The van der Waals surface area contributed by atoms with Gasteiger partial charge >= 0.3 is 5.92 Å². The number of rotatable bonds is 11. The molecule has 13 heteroatoms. The Kier molecular flexibility index (Phi) is 12.2. The minimum atomic E-state index is -4.03. The van der Waals surface area contributed by atoms with Gasteiger partial charge in [0.1, 0.15) is 17.9 Å². The van der Waals surface area contributed by atoms with E-state index in [4.69, 9.17) is 5.26 Å². The van der Waals surface area contributed by atoms with Gasteiger partial charge in [0, 0.05) is 44.1 Å². The first-order valence-corrected chi connectivity index (χ1v) is 16.4. The van der Waals surface area contributed by atoms with Crippen LogP contribution in [-0.4, -0.2) is 78.7 Å². The Labute approximate surface area is 279 Å². The van der Waals surface area contributed by atoms with Crippen molar-refractivity contribution in [2.24, 2.45) is 5.92 Å². The van der Waals surface area contributed by atoms with E-state index < -0.39 is 53.0 Å². The summed E-state index contributed by atoms with van der Waals surface area (Å²) in [5.41, 5.74) is -0.542. The van der Waals surface area contributed by atoms with Gasteiger partial charge in [-0.2, -0.15) is 14.0 Å². The fourth-order valence-electron chi connectivity index (χ4n) is 6.23. The van der Waals surface area contributed by atoms with Crippen molar-refractivity contribution in [1.29, 1.82) is 5.26 Å². The third kappa shape index (κ3) is 8.72. The largest absolute Gasteiger partial charge is 0.349 e. The van der Waals surface area contributed by atoms with Crippen molar-refractivity contribution in [3.05, 3.63) is 65.0 Å². The summed E-state index contributed by atoms with van der Waals surface area (Å²) >= 11 is 0. The third-order valence-corrected chi connectivity index (χ3v) is 9.33. The van der Waals surface area contributed by atoms with Crippen LogP contribution in [-0.2, 0) is 25.1 Å². The zero-order valence-corrected chi connectivity index (χ0v) is 27.5. The molecule has 0 radical (unpaired) electrons. The van der Waals surface area contributed by atoms with Crippen LogP contribution in [0, 0.1) is 23.1 Å². The molecule has 3 N–H and O–H groups in total. The maximum atomic E-state index is 15.6. The number of nitrogens with one attached hydrogen (secondary N) is 3. The molecule has 2 aromatic rings. The van der Waals surface area contributed by atoms with Crippen LogP contribution in [0.15, 0.2) is 42.5 Å². The van der Waals surface area contributed by atoms with Crippen LogP contribution in [0.3, 0.4) is 0 Å². The molecule has 0 spiro atoms. The van der Waals surface area contributed by atoms with Crippen LogP contribution in [0.2, 0.25) is 0 Å². The first kappa shape index (κ1) is 36.4. The Hall–Kier alpha value is -4.44. The van der Waals surface area contributed by atoms with E-state index in [0.717, 1.165) is 31.4 Å². The van der Waals surface area contributed by atoms with Gasteiger partial charge in [-0.3, -0.25) is 19.2 Å². The highest BCUT2D eigenvalue weighted by Gasteiger charge is 2.44. The minimum absolute atomic E-state index is 0.0439. The van der Waals surface area contributed by atoms with Gasteiger partial charge in [0.25, 0.3) is 5.91 Å². The van der Waals surface area contributed by atoms with E-state index in [-0.39, 0.29) is 29.5 Å². The summed E-state index contributed by atoms with van der Waals surface area (Å²) in [6, 6.07) is 8.03. The third-order valence-electron chi connectivity index (χ3n) is 9.33. The maximum Gasteiger partial charge on any atom is 0.349 e. The zero-order chi connectivity index (χ0) is 35.0. The number of carbonyl (C=O) groups excluding carboxylic acids is 4. The van der Waals surface area contributed by atoms with E-state index in [1.807, 2.05) is 7.05 Å². The topological polar surface area (TPSA) is 135 Å². The summed E-state index contributed by atoms with van der Waals surface area (Å²) in [5.74, 6) is -9.05. The predicted molar refractivity (Wildman–Crippen MR) is 173 cm³/mol. The number of nitriles is 1. The number of halogens is 3. The predicted octanol–water partition coefficient (Wildman–Crippen LogP) is 4.27. The number of piperazine rings is 1. The van der Waals surface area contributed by atoms with E-state index in [9.17, 15) is 19.2 Å². The minimum Gasteiger partial charge on any atom is -0.344 e. The molecule has 0 aromatic heterocycles. The van der Waals surface area contributed by atoms with Gasteiger partial charge in [0.05, 0.1) is 17.3 Å². The molecule has 10 nitrogen and oxygen atoms in total. The fraction of sp³-hybridized carbons (Fsp3) is 0.514. The molecule has 2 aromatic carbocycles. The molecule has 3 atom stereocenters. The van der Waals surface area contributed by atoms with Crippen molar-refractivity contribution in [1.82, 2.24) is 20.4 Å². The molecule has 1 unspecified atom stereocenters. The summed E-state index contributed by atoms with van der Waals surface area (Å²) in [5, 5.41) is 16.6. The van der Waals surface area contributed by atoms with Gasteiger partial charge in [0.2, 0.25) is 17.7 Å². The molecule has 48 heavy (non-hydrogen) atoms. The smallest absolute Gasteiger partial charge is 0.344 e. The monoisotopic (exact) mass is 668 g/mol. The van der Waals surface area contributed by atoms with Gasteiger partial charge in [-0.15, -0.1) is 0 Å². The molecule has 1 aliphatic carbocycles. The summed E-state index contributed by atoms with van der Waals surface area (Å²) in [7, 11) is 1.96. The second-order valence-corrected chi connectivity index (χ2v) is 12.7. The lowest BCUT2D eigenvalue weighted by molar-refractivity contribution is -0.149. The quantitative estimate of drug-likeness (QED) is 0.328. The number of benzene rings is 2. The summed E-state index contributed by atoms with van der Waals surface area (Å²) in [6.07, 6.45) is 3.58.